The highest BCUT2D eigenvalue weighted by Crippen LogP contribution is 2.35. The van der Waals surface area contributed by atoms with Crippen LogP contribution in [0.3, 0.4) is 0 Å². The number of aliphatic hydroxyl groups excluding tert-OH is 1. The van der Waals surface area contributed by atoms with E-state index >= 15 is 0 Å². The minimum atomic E-state index is -2.74. The highest BCUT2D eigenvalue weighted by molar-refractivity contribution is 5.69. The number of amides is 1. The zero-order valence-electron chi connectivity index (χ0n) is 15.5. The van der Waals surface area contributed by atoms with Crippen LogP contribution in [0.2, 0.25) is 0 Å². The van der Waals surface area contributed by atoms with Gasteiger partial charge in [-0.1, -0.05) is 12.8 Å². The number of likely N-dealkylation sites (tertiary alicyclic amines) is 1. The first kappa shape index (κ1) is 20.4. The normalized spacial score (nSPS) is 29.1. The maximum atomic E-state index is 12.5. The molecule has 2 N–H and O–H groups in total. The fraction of sp³-hybridized carbons (Fsp3) is 0.944. The summed E-state index contributed by atoms with van der Waals surface area (Å²) in [5.41, 5.74) is -0.532. The molecule has 0 aromatic heterocycles. The van der Waals surface area contributed by atoms with Gasteiger partial charge in [0.1, 0.15) is 11.7 Å². The molecule has 7 heteroatoms. The first-order valence-electron chi connectivity index (χ1n) is 9.38. The number of aliphatic hydroxyl groups is 1. The van der Waals surface area contributed by atoms with Gasteiger partial charge in [0.15, 0.2) is 0 Å². The van der Waals surface area contributed by atoms with Crippen molar-refractivity contribution in [3.05, 3.63) is 0 Å². The summed E-state index contributed by atoms with van der Waals surface area (Å²) in [6.45, 7) is 6.13. The van der Waals surface area contributed by atoms with Crippen LogP contribution in [-0.2, 0) is 4.74 Å². The van der Waals surface area contributed by atoms with Crippen molar-refractivity contribution in [2.75, 3.05) is 13.1 Å². The number of nitrogens with one attached hydrogen (secondary N) is 1. The van der Waals surface area contributed by atoms with Crippen LogP contribution in [0, 0.1) is 5.92 Å². The molecule has 4 atom stereocenters. The number of carbonyl (C=O) groups is 1. The SMILES string of the molecule is CC(C)(C)OC(=O)N1CCCC1C1CCCCC1NCC(O)C(F)F. The topological polar surface area (TPSA) is 61.8 Å². The van der Waals surface area contributed by atoms with Gasteiger partial charge in [-0.15, -0.1) is 0 Å². The summed E-state index contributed by atoms with van der Waals surface area (Å²) in [6, 6.07) is 0.131. The van der Waals surface area contributed by atoms with Crippen molar-refractivity contribution in [3.8, 4) is 0 Å². The van der Waals surface area contributed by atoms with Crippen LogP contribution in [0.15, 0.2) is 0 Å². The van der Waals surface area contributed by atoms with Crippen molar-refractivity contribution < 1.29 is 23.4 Å². The number of hydrogen-bond acceptors (Lipinski definition) is 4. The number of halogens is 2. The second-order valence-corrected chi connectivity index (χ2v) is 8.25. The molecule has 1 aliphatic heterocycles. The predicted octanol–water partition coefficient (Wildman–Crippen LogP) is 3.16. The maximum absolute atomic E-state index is 12.5. The summed E-state index contributed by atoms with van der Waals surface area (Å²) in [4.78, 5) is 14.3. The molecule has 1 amide bonds. The summed E-state index contributed by atoms with van der Waals surface area (Å²) in [6.07, 6.45) is 1.16. The summed E-state index contributed by atoms with van der Waals surface area (Å²) in [5.74, 6) is 0.216. The van der Waals surface area contributed by atoms with E-state index in [9.17, 15) is 18.7 Å². The van der Waals surface area contributed by atoms with Gasteiger partial charge in [-0.2, -0.15) is 0 Å². The van der Waals surface area contributed by atoms with Gasteiger partial charge in [-0.3, -0.25) is 0 Å². The molecule has 2 rings (SSSR count). The van der Waals surface area contributed by atoms with E-state index in [0.29, 0.717) is 6.54 Å². The Morgan fingerprint density at radius 3 is 2.56 bits per heavy atom. The van der Waals surface area contributed by atoms with Gasteiger partial charge in [0.25, 0.3) is 6.43 Å². The van der Waals surface area contributed by atoms with Gasteiger partial charge in [-0.05, 0) is 52.4 Å². The number of hydrogen-bond donors (Lipinski definition) is 2. The van der Waals surface area contributed by atoms with E-state index in [-0.39, 0.29) is 30.6 Å². The lowest BCUT2D eigenvalue weighted by atomic mass is 9.79. The minimum Gasteiger partial charge on any atom is -0.444 e. The second kappa shape index (κ2) is 8.62. The first-order chi connectivity index (χ1) is 11.7. The molecule has 1 heterocycles. The Morgan fingerprint density at radius 2 is 1.92 bits per heavy atom. The average Bonchev–Trinajstić information content (AvgIpc) is 3.00. The van der Waals surface area contributed by atoms with Gasteiger partial charge in [0.05, 0.1) is 0 Å². The zero-order chi connectivity index (χ0) is 18.6. The molecule has 5 nitrogen and oxygen atoms in total. The van der Waals surface area contributed by atoms with Crippen molar-refractivity contribution in [3.63, 3.8) is 0 Å². The van der Waals surface area contributed by atoms with Gasteiger partial charge >= 0.3 is 6.09 Å². The van der Waals surface area contributed by atoms with Crippen molar-refractivity contribution in [2.24, 2.45) is 5.92 Å². The first-order valence-corrected chi connectivity index (χ1v) is 9.38. The average molecular weight is 362 g/mol. The summed E-state index contributed by atoms with van der Waals surface area (Å²) in [7, 11) is 0. The van der Waals surface area contributed by atoms with Crippen LogP contribution in [-0.4, -0.2) is 59.4 Å². The van der Waals surface area contributed by atoms with Crippen molar-refractivity contribution in [2.45, 2.75) is 89.5 Å². The third-order valence-corrected chi connectivity index (χ3v) is 5.12. The van der Waals surface area contributed by atoms with E-state index in [4.69, 9.17) is 4.74 Å². The molecule has 1 saturated heterocycles. The van der Waals surface area contributed by atoms with Gasteiger partial charge in [-0.25, -0.2) is 13.6 Å². The lowest BCUT2D eigenvalue weighted by Gasteiger charge is -2.40. The van der Waals surface area contributed by atoms with E-state index in [1.54, 1.807) is 0 Å². The van der Waals surface area contributed by atoms with Crippen LogP contribution in [0.25, 0.3) is 0 Å². The molecule has 1 saturated carbocycles. The van der Waals surface area contributed by atoms with Crippen molar-refractivity contribution >= 4 is 6.09 Å². The molecule has 0 radical (unpaired) electrons. The molecular formula is C18H32F2N2O3. The van der Waals surface area contributed by atoms with Crippen LogP contribution >= 0.6 is 0 Å². The summed E-state index contributed by atoms with van der Waals surface area (Å²) < 4.78 is 30.6. The van der Waals surface area contributed by atoms with Gasteiger partial charge in [0.2, 0.25) is 0 Å². The summed E-state index contributed by atoms with van der Waals surface area (Å²) in [5, 5.41) is 12.5. The fourth-order valence-electron chi connectivity index (χ4n) is 4.02. The third-order valence-electron chi connectivity index (χ3n) is 5.12. The Morgan fingerprint density at radius 1 is 1.24 bits per heavy atom. The van der Waals surface area contributed by atoms with E-state index in [2.05, 4.69) is 5.32 Å². The Hall–Kier alpha value is -0.950. The van der Waals surface area contributed by atoms with Crippen molar-refractivity contribution in [1.82, 2.24) is 10.2 Å². The number of carbonyl (C=O) groups excluding carboxylic acids is 1. The van der Waals surface area contributed by atoms with Gasteiger partial charge < -0.3 is 20.1 Å². The largest absolute Gasteiger partial charge is 0.444 e. The Bertz CT molecular complexity index is 443. The second-order valence-electron chi connectivity index (χ2n) is 8.25. The van der Waals surface area contributed by atoms with Crippen LogP contribution < -0.4 is 5.32 Å². The van der Waals surface area contributed by atoms with E-state index in [1.165, 1.54) is 0 Å². The Balaban J connectivity index is 2.01. The van der Waals surface area contributed by atoms with E-state index in [1.807, 2.05) is 25.7 Å². The highest BCUT2D eigenvalue weighted by atomic mass is 19.3. The minimum absolute atomic E-state index is 0.0511. The highest BCUT2D eigenvalue weighted by Gasteiger charge is 2.41. The number of alkyl halides is 2. The number of nitrogens with zero attached hydrogens (tertiary/aromatic N) is 1. The lowest BCUT2D eigenvalue weighted by molar-refractivity contribution is -0.00909. The molecule has 1 aliphatic carbocycles. The third kappa shape index (κ3) is 5.78. The zero-order valence-corrected chi connectivity index (χ0v) is 15.5. The number of rotatable bonds is 5. The predicted molar refractivity (Wildman–Crippen MR) is 91.7 cm³/mol. The van der Waals surface area contributed by atoms with Crippen molar-refractivity contribution in [1.29, 1.82) is 0 Å². The molecule has 146 valence electrons. The maximum Gasteiger partial charge on any atom is 0.410 e. The quantitative estimate of drug-likeness (QED) is 0.789. The molecule has 0 spiro atoms. The molecule has 4 unspecified atom stereocenters. The van der Waals surface area contributed by atoms with Crippen LogP contribution in [0.5, 0.6) is 0 Å². The molecule has 2 fully saturated rings. The van der Waals surface area contributed by atoms with Gasteiger partial charge in [0, 0.05) is 25.2 Å². The monoisotopic (exact) mass is 362 g/mol. The van der Waals surface area contributed by atoms with E-state index < -0.39 is 18.1 Å². The molecule has 25 heavy (non-hydrogen) atoms. The molecule has 2 aliphatic rings. The number of ether oxygens (including phenoxy) is 1. The standard InChI is InChI=1S/C18H32F2N2O3/c1-18(2,3)25-17(24)22-10-6-9-14(22)12-7-4-5-8-13(12)21-11-15(23)16(19)20/h12-16,21,23H,4-11H2,1-3H3. The molecule has 0 aromatic carbocycles. The van der Waals surface area contributed by atoms with E-state index in [0.717, 1.165) is 38.5 Å². The molecule has 0 bridgehead atoms. The van der Waals surface area contributed by atoms with Crippen LogP contribution in [0.1, 0.15) is 59.3 Å². The fourth-order valence-corrected chi connectivity index (χ4v) is 4.02. The molecule has 0 aromatic rings. The lowest BCUT2D eigenvalue weighted by Crippen LogP contribution is -2.52. The smallest absolute Gasteiger partial charge is 0.410 e. The van der Waals surface area contributed by atoms with Crippen LogP contribution in [0.4, 0.5) is 13.6 Å². The summed E-state index contributed by atoms with van der Waals surface area (Å²) >= 11 is 0. The Kier molecular flexibility index (Phi) is 7.02. The Labute approximate surface area is 149 Å². The molecular weight excluding hydrogens is 330 g/mol.